The Hall–Kier alpha value is -3.21. The van der Waals surface area contributed by atoms with Crippen molar-refractivity contribution in [3.63, 3.8) is 0 Å². The molecular formula is C22H24N4O. The maximum absolute atomic E-state index is 12.7. The zero-order chi connectivity index (χ0) is 19.3. The maximum atomic E-state index is 12.7. The fourth-order valence-corrected chi connectivity index (χ4v) is 2.79. The second-order valence-corrected chi connectivity index (χ2v) is 7.35. The van der Waals surface area contributed by atoms with Crippen molar-refractivity contribution >= 4 is 17.3 Å². The molecular weight excluding hydrogens is 336 g/mol. The normalized spacial score (nSPS) is 11.1. The second kappa shape index (κ2) is 7.99. The Balaban J connectivity index is 1.73. The SMILES string of the molecule is CC(C)(C)c1ccccc1NC(=O)c1cc(NCc2ccccn2)ccn1. The molecule has 3 aromatic rings. The first-order chi connectivity index (χ1) is 12.9. The first kappa shape index (κ1) is 18.6. The van der Waals surface area contributed by atoms with Crippen LogP contribution in [0.5, 0.6) is 0 Å². The van der Waals surface area contributed by atoms with Gasteiger partial charge in [-0.3, -0.25) is 14.8 Å². The lowest BCUT2D eigenvalue weighted by atomic mass is 9.86. The molecule has 2 heterocycles. The smallest absolute Gasteiger partial charge is 0.274 e. The van der Waals surface area contributed by atoms with Crippen molar-refractivity contribution < 1.29 is 4.79 Å². The molecule has 0 spiro atoms. The molecule has 27 heavy (non-hydrogen) atoms. The van der Waals surface area contributed by atoms with Crippen LogP contribution in [0.2, 0.25) is 0 Å². The molecule has 1 aromatic carbocycles. The van der Waals surface area contributed by atoms with Crippen molar-refractivity contribution in [2.45, 2.75) is 32.7 Å². The summed E-state index contributed by atoms with van der Waals surface area (Å²) in [6.45, 7) is 6.95. The van der Waals surface area contributed by atoms with Gasteiger partial charge >= 0.3 is 0 Å². The van der Waals surface area contributed by atoms with Gasteiger partial charge in [-0.15, -0.1) is 0 Å². The average molecular weight is 360 g/mol. The van der Waals surface area contributed by atoms with E-state index < -0.39 is 0 Å². The minimum Gasteiger partial charge on any atom is -0.379 e. The summed E-state index contributed by atoms with van der Waals surface area (Å²) in [5.74, 6) is -0.229. The quantitative estimate of drug-likeness (QED) is 0.696. The van der Waals surface area contributed by atoms with Crippen LogP contribution in [0.4, 0.5) is 11.4 Å². The third-order valence-corrected chi connectivity index (χ3v) is 4.18. The largest absolute Gasteiger partial charge is 0.379 e. The van der Waals surface area contributed by atoms with E-state index in [1.807, 2.05) is 48.5 Å². The highest BCUT2D eigenvalue weighted by molar-refractivity contribution is 6.03. The molecule has 0 saturated heterocycles. The molecule has 2 N–H and O–H groups in total. The lowest BCUT2D eigenvalue weighted by molar-refractivity contribution is 0.102. The molecule has 0 bridgehead atoms. The molecule has 0 unspecified atom stereocenters. The highest BCUT2D eigenvalue weighted by Crippen LogP contribution is 2.29. The Bertz CT molecular complexity index is 917. The lowest BCUT2D eigenvalue weighted by Gasteiger charge is -2.23. The van der Waals surface area contributed by atoms with Gasteiger partial charge in [0.05, 0.1) is 12.2 Å². The van der Waals surface area contributed by atoms with Crippen molar-refractivity contribution in [1.82, 2.24) is 9.97 Å². The summed E-state index contributed by atoms with van der Waals surface area (Å²) in [7, 11) is 0. The fourth-order valence-electron chi connectivity index (χ4n) is 2.79. The van der Waals surface area contributed by atoms with Crippen LogP contribution in [0.3, 0.4) is 0 Å². The number of rotatable bonds is 5. The standard InChI is InChI=1S/C22H24N4O/c1-22(2,3)18-9-4-5-10-19(18)26-21(27)20-14-16(11-13-24-20)25-15-17-8-6-7-12-23-17/h4-14H,15H2,1-3H3,(H,24,25)(H,26,27). The molecule has 3 rings (SSSR count). The van der Waals surface area contributed by atoms with Crippen LogP contribution in [-0.2, 0) is 12.0 Å². The molecule has 2 aromatic heterocycles. The Morgan fingerprint density at radius 3 is 2.48 bits per heavy atom. The number of amides is 1. The highest BCUT2D eigenvalue weighted by Gasteiger charge is 2.19. The molecule has 0 fully saturated rings. The summed E-state index contributed by atoms with van der Waals surface area (Å²) in [5.41, 5.74) is 3.95. The molecule has 0 atom stereocenters. The van der Waals surface area contributed by atoms with E-state index in [-0.39, 0.29) is 11.3 Å². The molecule has 0 aliphatic rings. The zero-order valence-corrected chi connectivity index (χ0v) is 15.9. The van der Waals surface area contributed by atoms with Crippen molar-refractivity contribution in [3.8, 4) is 0 Å². The number of para-hydroxylation sites is 1. The Morgan fingerprint density at radius 1 is 0.963 bits per heavy atom. The minimum absolute atomic E-state index is 0.0661. The summed E-state index contributed by atoms with van der Waals surface area (Å²) < 4.78 is 0. The third kappa shape index (κ3) is 4.91. The van der Waals surface area contributed by atoms with Crippen LogP contribution in [-0.4, -0.2) is 15.9 Å². The highest BCUT2D eigenvalue weighted by atomic mass is 16.1. The van der Waals surface area contributed by atoms with Gasteiger partial charge in [-0.25, -0.2) is 0 Å². The first-order valence-corrected chi connectivity index (χ1v) is 8.94. The van der Waals surface area contributed by atoms with Gasteiger partial charge in [-0.05, 0) is 41.3 Å². The number of hydrogen-bond acceptors (Lipinski definition) is 4. The number of nitrogens with one attached hydrogen (secondary N) is 2. The van der Waals surface area contributed by atoms with Crippen LogP contribution in [0.1, 0.15) is 42.5 Å². The number of hydrogen-bond donors (Lipinski definition) is 2. The number of anilines is 2. The summed E-state index contributed by atoms with van der Waals surface area (Å²) in [4.78, 5) is 21.2. The molecule has 0 aliphatic heterocycles. The van der Waals surface area contributed by atoms with Gasteiger partial charge in [0.15, 0.2) is 0 Å². The van der Waals surface area contributed by atoms with Crippen LogP contribution in [0, 0.1) is 0 Å². The Kier molecular flexibility index (Phi) is 5.50. The average Bonchev–Trinajstić information content (AvgIpc) is 2.67. The van der Waals surface area contributed by atoms with E-state index in [2.05, 4.69) is 41.4 Å². The van der Waals surface area contributed by atoms with Crippen molar-refractivity contribution in [3.05, 3.63) is 83.9 Å². The van der Waals surface area contributed by atoms with E-state index in [4.69, 9.17) is 0 Å². The van der Waals surface area contributed by atoms with Crippen molar-refractivity contribution in [1.29, 1.82) is 0 Å². The molecule has 0 radical (unpaired) electrons. The first-order valence-electron chi connectivity index (χ1n) is 8.94. The number of pyridine rings is 2. The minimum atomic E-state index is -0.229. The van der Waals surface area contributed by atoms with Crippen LogP contribution < -0.4 is 10.6 Å². The zero-order valence-electron chi connectivity index (χ0n) is 15.9. The predicted octanol–water partition coefficient (Wildman–Crippen LogP) is 4.64. The van der Waals surface area contributed by atoms with E-state index in [1.54, 1.807) is 18.5 Å². The monoisotopic (exact) mass is 360 g/mol. The summed E-state index contributed by atoms with van der Waals surface area (Å²) in [6, 6.07) is 17.2. The molecule has 5 heteroatoms. The van der Waals surface area contributed by atoms with E-state index >= 15 is 0 Å². The second-order valence-electron chi connectivity index (χ2n) is 7.35. The number of benzene rings is 1. The fraction of sp³-hybridized carbons (Fsp3) is 0.227. The maximum Gasteiger partial charge on any atom is 0.274 e. The number of carbonyl (C=O) groups is 1. The predicted molar refractivity (Wildman–Crippen MR) is 109 cm³/mol. The number of carbonyl (C=O) groups excluding carboxylic acids is 1. The number of aromatic nitrogens is 2. The van der Waals surface area contributed by atoms with E-state index in [9.17, 15) is 4.79 Å². The molecule has 0 saturated carbocycles. The summed E-state index contributed by atoms with van der Waals surface area (Å²) in [6.07, 6.45) is 3.39. The van der Waals surface area contributed by atoms with Gasteiger partial charge < -0.3 is 10.6 Å². The topological polar surface area (TPSA) is 66.9 Å². The van der Waals surface area contributed by atoms with E-state index in [0.29, 0.717) is 12.2 Å². The van der Waals surface area contributed by atoms with E-state index in [1.165, 1.54) is 0 Å². The summed E-state index contributed by atoms with van der Waals surface area (Å²) >= 11 is 0. The molecule has 0 aliphatic carbocycles. The van der Waals surface area contributed by atoms with Gasteiger partial charge in [0.25, 0.3) is 5.91 Å². The van der Waals surface area contributed by atoms with Crippen LogP contribution in [0.15, 0.2) is 67.0 Å². The van der Waals surface area contributed by atoms with Gasteiger partial charge in [0.2, 0.25) is 0 Å². The third-order valence-electron chi connectivity index (χ3n) is 4.18. The Labute approximate surface area is 159 Å². The molecule has 5 nitrogen and oxygen atoms in total. The van der Waals surface area contributed by atoms with Gasteiger partial charge in [0.1, 0.15) is 5.69 Å². The molecule has 138 valence electrons. The van der Waals surface area contributed by atoms with Gasteiger partial charge in [-0.2, -0.15) is 0 Å². The van der Waals surface area contributed by atoms with Gasteiger partial charge in [0, 0.05) is 23.8 Å². The van der Waals surface area contributed by atoms with Crippen LogP contribution in [0.25, 0.3) is 0 Å². The van der Waals surface area contributed by atoms with Crippen LogP contribution >= 0.6 is 0 Å². The Morgan fingerprint density at radius 2 is 1.74 bits per heavy atom. The van der Waals surface area contributed by atoms with Gasteiger partial charge in [-0.1, -0.05) is 45.0 Å². The summed E-state index contributed by atoms with van der Waals surface area (Å²) in [5, 5.41) is 6.27. The van der Waals surface area contributed by atoms with Crippen molar-refractivity contribution in [2.24, 2.45) is 0 Å². The molecule has 1 amide bonds. The van der Waals surface area contributed by atoms with E-state index in [0.717, 1.165) is 22.6 Å². The lowest BCUT2D eigenvalue weighted by Crippen LogP contribution is -2.19. The van der Waals surface area contributed by atoms with Crippen molar-refractivity contribution in [2.75, 3.05) is 10.6 Å². The number of nitrogens with zero attached hydrogens (tertiary/aromatic N) is 2.